The summed E-state index contributed by atoms with van der Waals surface area (Å²) in [6.07, 6.45) is 4.09. The molecule has 0 bridgehead atoms. The van der Waals surface area contributed by atoms with Crippen molar-refractivity contribution < 1.29 is 0 Å². The molecule has 2 aliphatic heterocycles. The topological polar surface area (TPSA) is 15.3 Å². The second-order valence-electron chi connectivity index (χ2n) is 6.86. The van der Waals surface area contributed by atoms with Crippen molar-refractivity contribution in [3.8, 4) is 0 Å². The minimum Gasteiger partial charge on any atom is -0.316 e. The van der Waals surface area contributed by atoms with E-state index in [9.17, 15) is 0 Å². The van der Waals surface area contributed by atoms with Gasteiger partial charge in [0.2, 0.25) is 0 Å². The van der Waals surface area contributed by atoms with Crippen LogP contribution in [0, 0.1) is 12.8 Å². The lowest BCUT2D eigenvalue weighted by Crippen LogP contribution is -2.39. The summed E-state index contributed by atoms with van der Waals surface area (Å²) < 4.78 is 0. The van der Waals surface area contributed by atoms with Crippen LogP contribution >= 0.6 is 0 Å². The highest BCUT2D eigenvalue weighted by Gasteiger charge is 2.31. The van der Waals surface area contributed by atoms with Crippen molar-refractivity contribution in [3.63, 3.8) is 0 Å². The second-order valence-corrected chi connectivity index (χ2v) is 6.86. The summed E-state index contributed by atoms with van der Waals surface area (Å²) >= 11 is 0. The lowest BCUT2D eigenvalue weighted by atomic mass is 9.96. The molecular weight excluding hydrogens is 244 g/mol. The van der Waals surface area contributed by atoms with Crippen LogP contribution in [0.3, 0.4) is 0 Å². The van der Waals surface area contributed by atoms with E-state index in [1.807, 2.05) is 0 Å². The highest BCUT2D eigenvalue weighted by atomic mass is 15.2. The third-order valence-corrected chi connectivity index (χ3v) is 5.14. The predicted molar refractivity (Wildman–Crippen MR) is 85.2 cm³/mol. The summed E-state index contributed by atoms with van der Waals surface area (Å²) in [5.74, 6) is 1.60. The fraction of sp³-hybridized carbons (Fsp3) is 0.667. The number of rotatable bonds is 3. The lowest BCUT2D eigenvalue weighted by Gasteiger charge is -2.29. The Morgan fingerprint density at radius 1 is 1.25 bits per heavy atom. The van der Waals surface area contributed by atoms with Gasteiger partial charge in [0.1, 0.15) is 0 Å². The fourth-order valence-electron chi connectivity index (χ4n) is 3.84. The Hall–Kier alpha value is -0.860. The molecule has 110 valence electrons. The maximum atomic E-state index is 3.55. The average molecular weight is 272 g/mol. The van der Waals surface area contributed by atoms with Gasteiger partial charge in [-0.2, -0.15) is 0 Å². The molecule has 0 aromatic heterocycles. The molecule has 2 nitrogen and oxygen atoms in total. The summed E-state index contributed by atoms with van der Waals surface area (Å²) in [7, 11) is 0. The zero-order valence-corrected chi connectivity index (χ0v) is 12.9. The largest absolute Gasteiger partial charge is 0.316 e. The van der Waals surface area contributed by atoms with Crippen molar-refractivity contribution in [1.29, 1.82) is 0 Å². The molecule has 3 unspecified atom stereocenters. The molecule has 0 radical (unpaired) electrons. The predicted octanol–water partition coefficient (Wildman–Crippen LogP) is 3.17. The van der Waals surface area contributed by atoms with Crippen molar-refractivity contribution in [2.45, 2.75) is 45.1 Å². The zero-order valence-electron chi connectivity index (χ0n) is 12.9. The van der Waals surface area contributed by atoms with E-state index in [4.69, 9.17) is 0 Å². The van der Waals surface area contributed by atoms with Crippen LogP contribution in [0.2, 0.25) is 0 Å². The van der Waals surface area contributed by atoms with Gasteiger partial charge >= 0.3 is 0 Å². The molecule has 0 aliphatic carbocycles. The first-order valence-electron chi connectivity index (χ1n) is 8.23. The van der Waals surface area contributed by atoms with E-state index in [1.165, 1.54) is 56.6 Å². The fourth-order valence-corrected chi connectivity index (χ4v) is 3.84. The highest BCUT2D eigenvalue weighted by Crippen LogP contribution is 2.32. The van der Waals surface area contributed by atoms with Gasteiger partial charge in [-0.3, -0.25) is 4.90 Å². The van der Waals surface area contributed by atoms with E-state index in [1.54, 1.807) is 0 Å². The number of nitrogens with zero attached hydrogens (tertiary/aromatic N) is 1. The number of benzene rings is 1. The van der Waals surface area contributed by atoms with Gasteiger partial charge in [0, 0.05) is 19.1 Å². The Balaban J connectivity index is 1.59. The Bertz CT molecular complexity index is 420. The summed E-state index contributed by atoms with van der Waals surface area (Å²) in [4.78, 5) is 2.72. The van der Waals surface area contributed by atoms with E-state index in [0.29, 0.717) is 0 Å². The Morgan fingerprint density at radius 2 is 2.05 bits per heavy atom. The molecule has 0 saturated carbocycles. The third kappa shape index (κ3) is 3.24. The first kappa shape index (κ1) is 14.1. The van der Waals surface area contributed by atoms with Crippen molar-refractivity contribution >= 4 is 0 Å². The SMILES string of the molecule is Cc1ccc(C2CC(C)N(CC3CCCNC3)C2)cc1. The van der Waals surface area contributed by atoms with Crippen LogP contribution < -0.4 is 5.32 Å². The number of hydrogen-bond donors (Lipinski definition) is 1. The molecule has 0 amide bonds. The summed E-state index contributed by atoms with van der Waals surface area (Å²) in [5.41, 5.74) is 2.90. The van der Waals surface area contributed by atoms with Gasteiger partial charge in [0.05, 0.1) is 0 Å². The quantitative estimate of drug-likeness (QED) is 0.909. The Morgan fingerprint density at radius 3 is 2.75 bits per heavy atom. The molecule has 2 heterocycles. The molecule has 3 rings (SSSR count). The van der Waals surface area contributed by atoms with Crippen LogP contribution in [0.1, 0.15) is 43.2 Å². The van der Waals surface area contributed by atoms with E-state index >= 15 is 0 Å². The molecule has 1 N–H and O–H groups in total. The molecule has 2 saturated heterocycles. The second kappa shape index (κ2) is 6.28. The molecule has 1 aromatic carbocycles. The summed E-state index contributed by atoms with van der Waals surface area (Å²) in [6, 6.07) is 9.92. The smallest absolute Gasteiger partial charge is 0.00736 e. The molecule has 2 aliphatic rings. The maximum absolute atomic E-state index is 3.55. The molecule has 20 heavy (non-hydrogen) atoms. The van der Waals surface area contributed by atoms with Gasteiger partial charge in [-0.05, 0) is 63.6 Å². The minimum absolute atomic E-state index is 0.738. The molecular formula is C18H28N2. The number of likely N-dealkylation sites (tertiary alicyclic amines) is 1. The van der Waals surface area contributed by atoms with Gasteiger partial charge < -0.3 is 5.32 Å². The maximum Gasteiger partial charge on any atom is 0.00736 e. The Kier molecular flexibility index (Phi) is 4.42. The van der Waals surface area contributed by atoms with Crippen LogP contribution in [0.25, 0.3) is 0 Å². The highest BCUT2D eigenvalue weighted by molar-refractivity contribution is 5.26. The molecule has 3 atom stereocenters. The van der Waals surface area contributed by atoms with Gasteiger partial charge in [0.15, 0.2) is 0 Å². The van der Waals surface area contributed by atoms with Crippen molar-refractivity contribution in [3.05, 3.63) is 35.4 Å². The first-order valence-corrected chi connectivity index (χ1v) is 8.23. The van der Waals surface area contributed by atoms with Crippen LogP contribution in [0.5, 0.6) is 0 Å². The van der Waals surface area contributed by atoms with Crippen LogP contribution in [-0.4, -0.2) is 37.1 Å². The van der Waals surface area contributed by atoms with Crippen LogP contribution in [-0.2, 0) is 0 Å². The number of hydrogen-bond acceptors (Lipinski definition) is 2. The zero-order chi connectivity index (χ0) is 13.9. The van der Waals surface area contributed by atoms with Gasteiger partial charge in [0.25, 0.3) is 0 Å². The average Bonchev–Trinajstić information content (AvgIpc) is 2.82. The first-order chi connectivity index (χ1) is 9.72. The number of aryl methyl sites for hydroxylation is 1. The molecule has 1 aromatic rings. The van der Waals surface area contributed by atoms with Crippen LogP contribution in [0.15, 0.2) is 24.3 Å². The van der Waals surface area contributed by atoms with Crippen molar-refractivity contribution in [2.75, 3.05) is 26.2 Å². The van der Waals surface area contributed by atoms with E-state index < -0.39 is 0 Å². The van der Waals surface area contributed by atoms with Gasteiger partial charge in [-0.25, -0.2) is 0 Å². The number of nitrogens with one attached hydrogen (secondary N) is 1. The monoisotopic (exact) mass is 272 g/mol. The normalized spacial score (nSPS) is 31.6. The molecule has 2 heteroatoms. The van der Waals surface area contributed by atoms with Gasteiger partial charge in [-0.15, -0.1) is 0 Å². The third-order valence-electron chi connectivity index (χ3n) is 5.14. The number of piperidine rings is 1. The van der Waals surface area contributed by atoms with E-state index in [-0.39, 0.29) is 0 Å². The van der Waals surface area contributed by atoms with E-state index in [0.717, 1.165) is 17.9 Å². The van der Waals surface area contributed by atoms with Crippen molar-refractivity contribution in [1.82, 2.24) is 10.2 Å². The lowest BCUT2D eigenvalue weighted by molar-refractivity contribution is 0.202. The molecule has 0 spiro atoms. The minimum atomic E-state index is 0.738. The standard InChI is InChI=1S/C18H28N2/c1-14-5-7-17(8-6-14)18-10-15(2)20(13-18)12-16-4-3-9-19-11-16/h5-8,15-16,18-19H,3-4,9-13H2,1-2H3. The summed E-state index contributed by atoms with van der Waals surface area (Å²) in [6.45, 7) is 9.56. The van der Waals surface area contributed by atoms with E-state index in [2.05, 4.69) is 48.3 Å². The Labute approximate surface area is 123 Å². The molecule has 2 fully saturated rings. The summed E-state index contributed by atoms with van der Waals surface area (Å²) in [5, 5.41) is 3.55. The van der Waals surface area contributed by atoms with Crippen LogP contribution in [0.4, 0.5) is 0 Å². The van der Waals surface area contributed by atoms with Crippen molar-refractivity contribution in [2.24, 2.45) is 5.92 Å². The van der Waals surface area contributed by atoms with Gasteiger partial charge in [-0.1, -0.05) is 29.8 Å².